The van der Waals surface area contributed by atoms with Gasteiger partial charge in [-0.2, -0.15) is 0 Å². The highest BCUT2D eigenvalue weighted by Crippen LogP contribution is 2.40. The van der Waals surface area contributed by atoms with Crippen LogP contribution in [0.3, 0.4) is 0 Å². The normalized spacial score (nSPS) is 20.3. The maximum absolute atomic E-state index is 12.1. The predicted molar refractivity (Wildman–Crippen MR) is 118 cm³/mol. The van der Waals surface area contributed by atoms with Crippen molar-refractivity contribution in [2.24, 2.45) is 0 Å². The molecule has 2 aromatic rings. The molecule has 0 radical (unpaired) electrons. The van der Waals surface area contributed by atoms with Gasteiger partial charge >= 0.3 is 0 Å². The maximum atomic E-state index is 12.1. The number of hydrogen-bond donors (Lipinski definition) is 1. The predicted octanol–water partition coefficient (Wildman–Crippen LogP) is 3.25. The summed E-state index contributed by atoms with van der Waals surface area (Å²) in [5, 5.41) is 2.92. The first-order valence-corrected chi connectivity index (χ1v) is 11.1. The van der Waals surface area contributed by atoms with E-state index in [-0.39, 0.29) is 17.6 Å². The molecule has 0 bridgehead atoms. The highest BCUT2D eigenvalue weighted by molar-refractivity contribution is 5.91. The number of carbonyl (C=O) groups excluding carboxylic acids is 1. The number of nitrogens with one attached hydrogen (secondary N) is 1. The van der Waals surface area contributed by atoms with Gasteiger partial charge in [0.15, 0.2) is 17.3 Å². The van der Waals surface area contributed by atoms with E-state index >= 15 is 0 Å². The van der Waals surface area contributed by atoms with Crippen LogP contribution in [0, 0.1) is 0 Å². The number of piperidine rings is 1. The van der Waals surface area contributed by atoms with Crippen LogP contribution in [0.25, 0.3) is 0 Å². The van der Waals surface area contributed by atoms with Crippen molar-refractivity contribution in [3.8, 4) is 17.2 Å². The second-order valence-electron chi connectivity index (χ2n) is 8.44. The summed E-state index contributed by atoms with van der Waals surface area (Å²) >= 11 is 0. The average Bonchev–Trinajstić information content (AvgIpc) is 3.50. The molecule has 4 rings (SSSR count). The van der Waals surface area contributed by atoms with E-state index in [9.17, 15) is 4.79 Å². The molecule has 174 valence electrons. The van der Waals surface area contributed by atoms with E-state index in [0.29, 0.717) is 23.8 Å². The van der Waals surface area contributed by atoms with Gasteiger partial charge in [0, 0.05) is 37.8 Å². The molecule has 1 aromatic carbocycles. The first-order chi connectivity index (χ1) is 15.6. The maximum Gasteiger partial charge on any atom is 0.287 e. The lowest BCUT2D eigenvalue weighted by molar-refractivity contribution is -0.0765. The Morgan fingerprint density at radius 3 is 2.47 bits per heavy atom. The van der Waals surface area contributed by atoms with Gasteiger partial charge in [0.25, 0.3) is 5.91 Å². The quantitative estimate of drug-likeness (QED) is 0.669. The minimum Gasteiger partial charge on any atom is -0.496 e. The Bertz CT molecular complexity index is 905. The van der Waals surface area contributed by atoms with Crippen LogP contribution in [-0.4, -0.2) is 63.5 Å². The first-order valence-electron chi connectivity index (χ1n) is 11.1. The number of furan rings is 1. The second kappa shape index (κ2) is 9.83. The summed E-state index contributed by atoms with van der Waals surface area (Å²) in [6.45, 7) is 3.18. The van der Waals surface area contributed by atoms with E-state index < -0.39 is 0 Å². The summed E-state index contributed by atoms with van der Waals surface area (Å²) in [6, 6.07) is 7.24. The summed E-state index contributed by atoms with van der Waals surface area (Å²) in [7, 11) is 4.94. The fourth-order valence-electron chi connectivity index (χ4n) is 4.68. The van der Waals surface area contributed by atoms with Crippen molar-refractivity contribution in [1.29, 1.82) is 0 Å². The van der Waals surface area contributed by atoms with Crippen LogP contribution in [0.15, 0.2) is 34.9 Å². The third-order valence-corrected chi connectivity index (χ3v) is 6.52. The molecule has 32 heavy (non-hydrogen) atoms. The summed E-state index contributed by atoms with van der Waals surface area (Å²) < 4.78 is 28.0. The molecule has 0 aliphatic carbocycles. The Morgan fingerprint density at radius 2 is 1.81 bits per heavy atom. The number of likely N-dealkylation sites (tertiary alicyclic amines) is 1. The van der Waals surface area contributed by atoms with Crippen LogP contribution >= 0.6 is 0 Å². The molecule has 1 unspecified atom stereocenters. The van der Waals surface area contributed by atoms with Crippen LogP contribution in [0.2, 0.25) is 0 Å². The largest absolute Gasteiger partial charge is 0.496 e. The molecule has 2 aliphatic heterocycles. The number of methoxy groups -OCH3 is 3. The molecule has 1 amide bonds. The van der Waals surface area contributed by atoms with E-state index in [0.717, 1.165) is 56.6 Å². The Balaban J connectivity index is 1.29. The Kier molecular flexibility index (Phi) is 6.91. The van der Waals surface area contributed by atoms with E-state index in [1.807, 2.05) is 12.1 Å². The smallest absolute Gasteiger partial charge is 0.287 e. The van der Waals surface area contributed by atoms with Gasteiger partial charge in [-0.05, 0) is 43.9 Å². The number of hydrogen-bond acceptors (Lipinski definition) is 7. The molecular formula is C24H32N2O6. The van der Waals surface area contributed by atoms with E-state index in [2.05, 4.69) is 10.2 Å². The molecule has 0 saturated carbocycles. The van der Waals surface area contributed by atoms with Crippen LogP contribution in [0.1, 0.15) is 41.8 Å². The van der Waals surface area contributed by atoms with Crippen molar-refractivity contribution < 1.29 is 28.2 Å². The number of ether oxygens (including phenoxy) is 4. The van der Waals surface area contributed by atoms with Crippen molar-refractivity contribution in [2.75, 3.05) is 41.0 Å². The lowest BCUT2D eigenvalue weighted by Crippen LogP contribution is -2.44. The number of amides is 1. The van der Waals surface area contributed by atoms with Gasteiger partial charge in [-0.3, -0.25) is 9.69 Å². The second-order valence-corrected chi connectivity index (χ2v) is 8.44. The monoisotopic (exact) mass is 444 g/mol. The number of nitrogens with zero attached hydrogens (tertiary/aromatic N) is 1. The standard InChI is InChI=1S/C24H32N2O6/c1-28-20-14-22(30-3)21(29-2)13-17(20)16-26-10-8-24(9-11-26)7-6-18(32-24)15-25-23(27)19-5-4-12-31-19/h4-5,12-14,18H,6-11,15-16H2,1-3H3,(H,25,27). The number of carbonyl (C=O) groups is 1. The molecule has 2 saturated heterocycles. The van der Waals surface area contributed by atoms with Gasteiger partial charge in [-0.25, -0.2) is 0 Å². The van der Waals surface area contributed by atoms with Gasteiger partial charge < -0.3 is 28.7 Å². The molecule has 8 nitrogen and oxygen atoms in total. The third kappa shape index (κ3) is 4.86. The molecule has 2 aliphatic rings. The zero-order valence-corrected chi connectivity index (χ0v) is 19.0. The topological polar surface area (TPSA) is 82.4 Å². The average molecular weight is 445 g/mol. The van der Waals surface area contributed by atoms with Crippen molar-refractivity contribution in [2.45, 2.75) is 43.9 Å². The van der Waals surface area contributed by atoms with Gasteiger partial charge in [0.05, 0.1) is 39.3 Å². The fourth-order valence-corrected chi connectivity index (χ4v) is 4.68. The van der Waals surface area contributed by atoms with Crippen LogP contribution < -0.4 is 19.5 Å². The van der Waals surface area contributed by atoms with Gasteiger partial charge in [0.2, 0.25) is 0 Å². The highest BCUT2D eigenvalue weighted by atomic mass is 16.5. The van der Waals surface area contributed by atoms with Crippen molar-refractivity contribution in [3.63, 3.8) is 0 Å². The molecule has 8 heteroatoms. The number of rotatable bonds is 8. The third-order valence-electron chi connectivity index (χ3n) is 6.52. The summed E-state index contributed by atoms with van der Waals surface area (Å²) in [6.07, 6.45) is 5.49. The lowest BCUT2D eigenvalue weighted by Gasteiger charge is -2.39. The first kappa shape index (κ1) is 22.5. The Labute approximate surface area is 188 Å². The van der Waals surface area contributed by atoms with Gasteiger partial charge in [0.1, 0.15) is 5.75 Å². The van der Waals surface area contributed by atoms with Crippen molar-refractivity contribution in [3.05, 3.63) is 41.9 Å². The van der Waals surface area contributed by atoms with Crippen LogP contribution in [-0.2, 0) is 11.3 Å². The van der Waals surface area contributed by atoms with Crippen molar-refractivity contribution in [1.82, 2.24) is 10.2 Å². The summed E-state index contributed by atoms with van der Waals surface area (Å²) in [5.74, 6) is 2.30. The van der Waals surface area contributed by atoms with Crippen molar-refractivity contribution >= 4 is 5.91 Å². The molecule has 2 fully saturated rings. The zero-order valence-electron chi connectivity index (χ0n) is 19.0. The zero-order chi connectivity index (χ0) is 22.6. The number of benzene rings is 1. The van der Waals surface area contributed by atoms with E-state index in [1.165, 1.54) is 6.26 Å². The van der Waals surface area contributed by atoms with Gasteiger partial charge in [-0.1, -0.05) is 0 Å². The molecular weight excluding hydrogens is 412 g/mol. The van der Waals surface area contributed by atoms with Crippen LogP contribution in [0.4, 0.5) is 0 Å². The summed E-state index contributed by atoms with van der Waals surface area (Å²) in [4.78, 5) is 14.5. The molecule has 3 heterocycles. The minimum atomic E-state index is -0.196. The molecule has 1 atom stereocenters. The molecule has 1 aromatic heterocycles. The Morgan fingerprint density at radius 1 is 1.09 bits per heavy atom. The highest BCUT2D eigenvalue weighted by Gasteiger charge is 2.42. The minimum absolute atomic E-state index is 0.0476. The van der Waals surface area contributed by atoms with Crippen LogP contribution in [0.5, 0.6) is 17.2 Å². The Hall–Kier alpha value is -2.71. The SMILES string of the molecule is COc1cc(OC)c(OC)cc1CN1CCC2(CCC(CNC(=O)c3ccco3)O2)CC1. The lowest BCUT2D eigenvalue weighted by atomic mass is 9.88. The molecule has 1 N–H and O–H groups in total. The van der Waals surface area contributed by atoms with E-state index in [4.69, 9.17) is 23.4 Å². The van der Waals surface area contributed by atoms with Gasteiger partial charge in [-0.15, -0.1) is 0 Å². The summed E-state index contributed by atoms with van der Waals surface area (Å²) in [5.41, 5.74) is 0.991. The molecule has 1 spiro atoms. The van der Waals surface area contributed by atoms with E-state index in [1.54, 1.807) is 33.5 Å². The fraction of sp³-hybridized carbons (Fsp3) is 0.542.